The maximum Gasteiger partial charge on any atom is 0.257 e. The van der Waals surface area contributed by atoms with Gasteiger partial charge < -0.3 is 15.3 Å². The first-order valence-electron chi connectivity index (χ1n) is 5.67. The van der Waals surface area contributed by atoms with Gasteiger partial charge in [-0.05, 0) is 19.9 Å². The highest BCUT2D eigenvalue weighted by Crippen LogP contribution is 2.15. The van der Waals surface area contributed by atoms with E-state index in [1.807, 2.05) is 6.92 Å². The van der Waals surface area contributed by atoms with Crippen molar-refractivity contribution < 1.29 is 9.90 Å². The van der Waals surface area contributed by atoms with Crippen molar-refractivity contribution in [2.45, 2.75) is 20.0 Å². The number of carbonyl (C=O) groups excluding carboxylic acids is 1. The van der Waals surface area contributed by atoms with Crippen molar-refractivity contribution in [3.8, 4) is 0 Å². The van der Waals surface area contributed by atoms with E-state index in [-0.39, 0.29) is 5.91 Å². The number of anilines is 1. The number of aromatic nitrogens is 1. The molecule has 1 amide bonds. The van der Waals surface area contributed by atoms with Gasteiger partial charge in [-0.1, -0.05) is 0 Å². The predicted molar refractivity (Wildman–Crippen MR) is 67.0 cm³/mol. The first kappa shape index (κ1) is 13.4. The highest BCUT2D eigenvalue weighted by Gasteiger charge is 2.16. The fourth-order valence-corrected chi connectivity index (χ4v) is 1.59. The average Bonchev–Trinajstić information content (AvgIpc) is 2.28. The molecular formula is C12H19N3O2. The van der Waals surface area contributed by atoms with Gasteiger partial charge >= 0.3 is 0 Å². The van der Waals surface area contributed by atoms with Crippen LogP contribution in [0.2, 0.25) is 0 Å². The summed E-state index contributed by atoms with van der Waals surface area (Å²) < 4.78 is 0. The zero-order valence-electron chi connectivity index (χ0n) is 10.5. The molecule has 1 rings (SSSR count). The average molecular weight is 237 g/mol. The van der Waals surface area contributed by atoms with Crippen LogP contribution in [0.4, 0.5) is 5.69 Å². The van der Waals surface area contributed by atoms with Crippen molar-refractivity contribution in [3.05, 3.63) is 24.0 Å². The lowest BCUT2D eigenvalue weighted by molar-refractivity contribution is 0.0704. The molecule has 1 heterocycles. The normalized spacial score (nSPS) is 12.0. The molecule has 0 fully saturated rings. The minimum Gasteiger partial charge on any atom is -0.392 e. The van der Waals surface area contributed by atoms with Crippen molar-refractivity contribution in [1.82, 2.24) is 9.88 Å². The summed E-state index contributed by atoms with van der Waals surface area (Å²) >= 11 is 0. The summed E-state index contributed by atoms with van der Waals surface area (Å²) in [5, 5.41) is 12.4. The fraction of sp³-hybridized carbons (Fsp3) is 0.500. The third kappa shape index (κ3) is 3.71. The largest absolute Gasteiger partial charge is 0.392 e. The van der Waals surface area contributed by atoms with Gasteiger partial charge in [-0.25, -0.2) is 0 Å². The van der Waals surface area contributed by atoms with E-state index in [9.17, 15) is 9.90 Å². The molecular weight excluding hydrogens is 218 g/mol. The number of rotatable bonds is 5. The lowest BCUT2D eigenvalue weighted by Gasteiger charge is -2.20. The third-order valence-corrected chi connectivity index (χ3v) is 2.30. The van der Waals surface area contributed by atoms with Gasteiger partial charge in [0.25, 0.3) is 5.91 Å². The number of aliphatic hydroxyl groups excluding tert-OH is 1. The van der Waals surface area contributed by atoms with Gasteiger partial charge in [-0.2, -0.15) is 0 Å². The number of amides is 1. The smallest absolute Gasteiger partial charge is 0.257 e. The van der Waals surface area contributed by atoms with Crippen LogP contribution in [0.1, 0.15) is 24.2 Å². The molecule has 1 aromatic heterocycles. The number of pyridine rings is 1. The second-order valence-electron chi connectivity index (χ2n) is 3.99. The van der Waals surface area contributed by atoms with E-state index >= 15 is 0 Å². The highest BCUT2D eigenvalue weighted by atomic mass is 16.3. The number of aliphatic hydroxyl groups is 1. The molecule has 94 valence electrons. The molecule has 0 saturated carbocycles. The monoisotopic (exact) mass is 237 g/mol. The fourth-order valence-electron chi connectivity index (χ4n) is 1.59. The topological polar surface area (TPSA) is 65.5 Å². The lowest BCUT2D eigenvalue weighted by Crippen LogP contribution is -2.33. The molecule has 0 aliphatic carbocycles. The number of hydrogen-bond donors (Lipinski definition) is 2. The Morgan fingerprint density at radius 1 is 1.65 bits per heavy atom. The van der Waals surface area contributed by atoms with Crippen LogP contribution in [0.25, 0.3) is 0 Å². The lowest BCUT2D eigenvalue weighted by atomic mass is 10.2. The Morgan fingerprint density at radius 3 is 2.94 bits per heavy atom. The maximum absolute atomic E-state index is 12.1. The van der Waals surface area contributed by atoms with Crippen LogP contribution < -0.4 is 5.32 Å². The Morgan fingerprint density at radius 2 is 2.35 bits per heavy atom. The van der Waals surface area contributed by atoms with Crippen molar-refractivity contribution in [2.24, 2.45) is 0 Å². The summed E-state index contributed by atoms with van der Waals surface area (Å²) in [7, 11) is 1.66. The first-order chi connectivity index (χ1) is 8.06. The molecule has 0 aliphatic heterocycles. The predicted octanol–water partition coefficient (Wildman–Crippen LogP) is 0.966. The van der Waals surface area contributed by atoms with Gasteiger partial charge in [-0.15, -0.1) is 0 Å². The van der Waals surface area contributed by atoms with Crippen LogP contribution in [0.5, 0.6) is 0 Å². The van der Waals surface area contributed by atoms with Gasteiger partial charge in [0.15, 0.2) is 0 Å². The number of nitrogens with one attached hydrogen (secondary N) is 1. The van der Waals surface area contributed by atoms with Crippen molar-refractivity contribution in [3.63, 3.8) is 0 Å². The van der Waals surface area contributed by atoms with Gasteiger partial charge in [0, 0.05) is 32.5 Å². The Balaban J connectivity index is 2.87. The molecule has 1 aromatic rings. The maximum atomic E-state index is 12.1. The van der Waals surface area contributed by atoms with Gasteiger partial charge in [0.1, 0.15) is 0 Å². The molecule has 0 spiro atoms. The molecule has 0 aliphatic rings. The van der Waals surface area contributed by atoms with E-state index in [1.54, 1.807) is 32.4 Å². The third-order valence-electron chi connectivity index (χ3n) is 2.30. The number of likely N-dealkylation sites (N-methyl/N-ethyl adjacent to an activating group) is 1. The quantitative estimate of drug-likeness (QED) is 0.800. The van der Waals surface area contributed by atoms with E-state index < -0.39 is 6.10 Å². The van der Waals surface area contributed by atoms with Crippen LogP contribution in [0, 0.1) is 0 Å². The van der Waals surface area contributed by atoms with Crippen LogP contribution in [0.15, 0.2) is 18.5 Å². The number of hydrogen-bond acceptors (Lipinski definition) is 4. The van der Waals surface area contributed by atoms with E-state index in [2.05, 4.69) is 10.3 Å². The molecule has 0 saturated heterocycles. The first-order valence-corrected chi connectivity index (χ1v) is 5.67. The Hall–Kier alpha value is -1.62. The molecule has 2 N–H and O–H groups in total. The SMILES string of the molecule is CCNc1ccncc1C(=O)N(C)CC(C)O. The molecule has 1 atom stereocenters. The van der Waals surface area contributed by atoms with Crippen LogP contribution in [-0.4, -0.2) is 47.1 Å². The van der Waals surface area contributed by atoms with E-state index in [1.165, 1.54) is 4.90 Å². The summed E-state index contributed by atoms with van der Waals surface area (Å²) in [6.45, 7) is 4.66. The Kier molecular flexibility index (Phi) is 4.90. The van der Waals surface area contributed by atoms with Crippen LogP contribution in [-0.2, 0) is 0 Å². The van der Waals surface area contributed by atoms with Crippen LogP contribution >= 0.6 is 0 Å². The summed E-state index contributed by atoms with van der Waals surface area (Å²) in [6, 6.07) is 1.77. The Bertz CT molecular complexity index is 380. The molecule has 5 heteroatoms. The summed E-state index contributed by atoms with van der Waals surface area (Å²) in [5.74, 6) is -0.144. The molecule has 0 bridgehead atoms. The second kappa shape index (κ2) is 6.20. The summed E-state index contributed by atoms with van der Waals surface area (Å²) in [5.41, 5.74) is 1.29. The zero-order valence-corrected chi connectivity index (χ0v) is 10.5. The minimum absolute atomic E-state index is 0.144. The summed E-state index contributed by atoms with van der Waals surface area (Å²) in [4.78, 5) is 17.6. The van der Waals surface area contributed by atoms with Crippen molar-refractivity contribution >= 4 is 11.6 Å². The summed E-state index contributed by atoms with van der Waals surface area (Å²) in [6.07, 6.45) is 2.64. The molecule has 1 unspecified atom stereocenters. The second-order valence-corrected chi connectivity index (χ2v) is 3.99. The molecule has 0 radical (unpaired) electrons. The molecule has 17 heavy (non-hydrogen) atoms. The standard InChI is InChI=1S/C12H19N3O2/c1-4-14-11-5-6-13-7-10(11)12(17)15(3)8-9(2)16/h5-7,9,16H,4,8H2,1-3H3,(H,13,14). The van der Waals surface area contributed by atoms with Gasteiger partial charge in [0.05, 0.1) is 17.4 Å². The van der Waals surface area contributed by atoms with Crippen LogP contribution in [0.3, 0.4) is 0 Å². The van der Waals surface area contributed by atoms with E-state index in [4.69, 9.17) is 0 Å². The van der Waals surface area contributed by atoms with E-state index in [0.29, 0.717) is 12.1 Å². The van der Waals surface area contributed by atoms with E-state index in [0.717, 1.165) is 12.2 Å². The molecule has 0 aromatic carbocycles. The van der Waals surface area contributed by atoms with Crippen molar-refractivity contribution in [2.75, 3.05) is 25.5 Å². The number of nitrogens with zero attached hydrogens (tertiary/aromatic N) is 2. The number of carbonyl (C=O) groups is 1. The minimum atomic E-state index is -0.539. The van der Waals surface area contributed by atoms with Gasteiger partial charge in [0.2, 0.25) is 0 Å². The Labute approximate surface area is 101 Å². The van der Waals surface area contributed by atoms with Gasteiger partial charge in [-0.3, -0.25) is 9.78 Å². The highest BCUT2D eigenvalue weighted by molar-refractivity contribution is 5.99. The van der Waals surface area contributed by atoms with Crippen molar-refractivity contribution in [1.29, 1.82) is 0 Å². The molecule has 5 nitrogen and oxygen atoms in total. The zero-order chi connectivity index (χ0) is 12.8.